The second-order valence-corrected chi connectivity index (χ2v) is 8.32. The summed E-state index contributed by atoms with van der Waals surface area (Å²) in [5.41, 5.74) is 0.825. The summed E-state index contributed by atoms with van der Waals surface area (Å²) < 4.78 is 0. The van der Waals surface area contributed by atoms with Gasteiger partial charge in [0.25, 0.3) is 0 Å². The number of thioether (sulfide) groups is 2. The van der Waals surface area contributed by atoms with E-state index in [1.807, 2.05) is 47.9 Å². The van der Waals surface area contributed by atoms with Gasteiger partial charge in [0.1, 0.15) is 0 Å². The van der Waals surface area contributed by atoms with E-state index in [2.05, 4.69) is 25.2 Å². The van der Waals surface area contributed by atoms with Crippen molar-refractivity contribution in [2.75, 3.05) is 23.4 Å². The number of rotatable bonds is 4. The molecule has 0 aromatic heterocycles. The molecule has 3 unspecified atom stereocenters. The molecule has 0 radical (unpaired) electrons. The Labute approximate surface area is 147 Å². The quantitative estimate of drug-likeness (QED) is 0.824. The lowest BCUT2D eigenvalue weighted by molar-refractivity contribution is 0.194. The highest BCUT2D eigenvalue weighted by Crippen LogP contribution is 2.30. The van der Waals surface area contributed by atoms with Gasteiger partial charge in [-0.3, -0.25) is 0 Å². The molecule has 0 saturated carbocycles. The molecule has 124 valence electrons. The SMILES string of the molecule is CC(C#N)CSc1ccccc1NC(=O)N1CCSC(C)C1C. The smallest absolute Gasteiger partial charge is 0.320 e. The summed E-state index contributed by atoms with van der Waals surface area (Å²) in [5.74, 6) is 1.69. The number of hydrogen-bond donors (Lipinski definition) is 1. The molecule has 1 aliphatic rings. The van der Waals surface area contributed by atoms with E-state index < -0.39 is 0 Å². The number of nitrogens with one attached hydrogen (secondary N) is 1. The average molecular weight is 350 g/mol. The number of anilines is 1. The number of carbonyl (C=O) groups excluding carboxylic acids is 1. The molecule has 1 saturated heterocycles. The maximum Gasteiger partial charge on any atom is 0.322 e. The second kappa shape index (κ2) is 8.51. The number of urea groups is 1. The maximum atomic E-state index is 12.6. The Kier molecular flexibility index (Phi) is 6.67. The van der Waals surface area contributed by atoms with Gasteiger partial charge in [0.15, 0.2) is 0 Å². The predicted octanol–water partition coefficient (Wildman–Crippen LogP) is 4.30. The Morgan fingerprint density at radius 1 is 1.52 bits per heavy atom. The Hall–Kier alpha value is -1.32. The molecule has 1 aliphatic heterocycles. The summed E-state index contributed by atoms with van der Waals surface area (Å²) in [7, 11) is 0. The molecule has 1 N–H and O–H groups in total. The third-order valence-electron chi connectivity index (χ3n) is 3.98. The van der Waals surface area contributed by atoms with Crippen LogP contribution in [-0.4, -0.2) is 40.3 Å². The minimum absolute atomic E-state index is 0.0104. The van der Waals surface area contributed by atoms with Crippen LogP contribution in [0.5, 0.6) is 0 Å². The highest BCUT2D eigenvalue weighted by Gasteiger charge is 2.29. The van der Waals surface area contributed by atoms with E-state index in [1.54, 1.807) is 11.8 Å². The maximum absolute atomic E-state index is 12.6. The van der Waals surface area contributed by atoms with Crippen LogP contribution in [0.1, 0.15) is 20.8 Å². The van der Waals surface area contributed by atoms with Gasteiger partial charge in [0.05, 0.1) is 17.7 Å². The van der Waals surface area contributed by atoms with Gasteiger partial charge >= 0.3 is 6.03 Å². The second-order valence-electron chi connectivity index (χ2n) is 5.78. The molecular weight excluding hydrogens is 326 g/mol. The van der Waals surface area contributed by atoms with Crippen molar-refractivity contribution in [2.24, 2.45) is 5.92 Å². The predicted molar refractivity (Wildman–Crippen MR) is 99.0 cm³/mol. The van der Waals surface area contributed by atoms with Gasteiger partial charge in [-0.05, 0) is 26.0 Å². The topological polar surface area (TPSA) is 56.1 Å². The molecule has 1 aromatic rings. The first-order chi connectivity index (χ1) is 11.0. The molecule has 6 heteroatoms. The number of para-hydroxylation sites is 1. The van der Waals surface area contributed by atoms with E-state index in [0.29, 0.717) is 5.25 Å². The van der Waals surface area contributed by atoms with Crippen molar-refractivity contribution in [1.82, 2.24) is 4.90 Å². The van der Waals surface area contributed by atoms with Gasteiger partial charge in [0, 0.05) is 34.2 Å². The van der Waals surface area contributed by atoms with Crippen molar-refractivity contribution in [3.05, 3.63) is 24.3 Å². The molecule has 0 spiro atoms. The molecule has 1 heterocycles. The van der Waals surface area contributed by atoms with Gasteiger partial charge in [-0.15, -0.1) is 11.8 Å². The minimum Gasteiger partial charge on any atom is -0.320 e. The number of carbonyl (C=O) groups is 1. The number of hydrogen-bond acceptors (Lipinski definition) is 4. The Bertz CT molecular complexity index is 587. The van der Waals surface area contributed by atoms with Crippen LogP contribution in [0.4, 0.5) is 10.5 Å². The first kappa shape index (κ1) is 18.0. The molecule has 2 amide bonds. The first-order valence-electron chi connectivity index (χ1n) is 7.83. The largest absolute Gasteiger partial charge is 0.322 e. The van der Waals surface area contributed by atoms with Crippen molar-refractivity contribution in [1.29, 1.82) is 5.26 Å². The molecule has 4 nitrogen and oxygen atoms in total. The molecule has 0 aliphatic carbocycles. The first-order valence-corrected chi connectivity index (χ1v) is 9.87. The third kappa shape index (κ3) is 4.82. The van der Waals surface area contributed by atoms with E-state index in [4.69, 9.17) is 5.26 Å². The summed E-state index contributed by atoms with van der Waals surface area (Å²) in [6, 6.07) is 10.2. The van der Waals surface area contributed by atoms with Crippen LogP contribution in [0.3, 0.4) is 0 Å². The molecule has 23 heavy (non-hydrogen) atoms. The van der Waals surface area contributed by atoms with Crippen LogP contribution in [0.15, 0.2) is 29.2 Å². The summed E-state index contributed by atoms with van der Waals surface area (Å²) in [6.07, 6.45) is 0. The van der Waals surface area contributed by atoms with Crippen molar-refractivity contribution in [3.63, 3.8) is 0 Å². The molecule has 3 atom stereocenters. The van der Waals surface area contributed by atoms with Gasteiger partial charge < -0.3 is 10.2 Å². The zero-order valence-corrected chi connectivity index (χ0v) is 15.4. The Morgan fingerprint density at radius 3 is 3.00 bits per heavy atom. The van der Waals surface area contributed by atoms with Crippen LogP contribution < -0.4 is 5.32 Å². The van der Waals surface area contributed by atoms with E-state index in [1.165, 1.54) is 0 Å². The monoisotopic (exact) mass is 349 g/mol. The number of amides is 2. The highest BCUT2D eigenvalue weighted by atomic mass is 32.2. The molecule has 0 bridgehead atoms. The summed E-state index contributed by atoms with van der Waals surface area (Å²) in [6.45, 7) is 6.96. The normalized spacial score (nSPS) is 22.3. The minimum atomic E-state index is -0.0361. The highest BCUT2D eigenvalue weighted by molar-refractivity contribution is 8.00. The van der Waals surface area contributed by atoms with E-state index in [0.717, 1.165) is 28.6 Å². The molecular formula is C17H23N3OS2. The van der Waals surface area contributed by atoms with E-state index in [-0.39, 0.29) is 18.0 Å². The molecule has 2 rings (SSSR count). The Balaban J connectivity index is 2.04. The van der Waals surface area contributed by atoms with Crippen LogP contribution in [0.2, 0.25) is 0 Å². The lowest BCUT2D eigenvalue weighted by Crippen LogP contribution is -2.49. The van der Waals surface area contributed by atoms with E-state index in [9.17, 15) is 4.79 Å². The summed E-state index contributed by atoms with van der Waals surface area (Å²) in [4.78, 5) is 15.5. The van der Waals surface area contributed by atoms with Crippen LogP contribution >= 0.6 is 23.5 Å². The van der Waals surface area contributed by atoms with Crippen LogP contribution in [-0.2, 0) is 0 Å². The average Bonchev–Trinajstić information content (AvgIpc) is 2.56. The van der Waals surface area contributed by atoms with Crippen molar-refractivity contribution >= 4 is 35.2 Å². The lowest BCUT2D eigenvalue weighted by atomic mass is 10.2. The summed E-state index contributed by atoms with van der Waals surface area (Å²) in [5, 5.41) is 12.4. The van der Waals surface area contributed by atoms with Crippen molar-refractivity contribution < 1.29 is 4.79 Å². The van der Waals surface area contributed by atoms with E-state index >= 15 is 0 Å². The molecule has 1 aromatic carbocycles. The van der Waals surface area contributed by atoms with Crippen molar-refractivity contribution in [3.8, 4) is 6.07 Å². The molecule has 1 fully saturated rings. The zero-order chi connectivity index (χ0) is 16.8. The fourth-order valence-electron chi connectivity index (χ4n) is 2.35. The van der Waals surface area contributed by atoms with Crippen LogP contribution in [0, 0.1) is 17.2 Å². The van der Waals surface area contributed by atoms with Crippen molar-refractivity contribution in [2.45, 2.75) is 37.0 Å². The van der Waals surface area contributed by atoms with Gasteiger partial charge in [-0.2, -0.15) is 17.0 Å². The Morgan fingerprint density at radius 2 is 2.26 bits per heavy atom. The fraction of sp³-hybridized carbons (Fsp3) is 0.529. The number of nitriles is 1. The standard InChI is InChI=1S/C17H23N3OS2/c1-12(10-18)11-23-16-7-5-4-6-15(16)19-17(21)20-8-9-22-14(3)13(20)2/h4-7,12-14H,8-9,11H2,1-3H3,(H,19,21). The lowest BCUT2D eigenvalue weighted by Gasteiger charge is -2.37. The van der Waals surface area contributed by atoms with Gasteiger partial charge in [-0.25, -0.2) is 4.79 Å². The van der Waals surface area contributed by atoms with Crippen LogP contribution in [0.25, 0.3) is 0 Å². The number of benzene rings is 1. The fourth-order valence-corrected chi connectivity index (χ4v) is 4.41. The van der Waals surface area contributed by atoms with Gasteiger partial charge in [0.2, 0.25) is 0 Å². The van der Waals surface area contributed by atoms with Gasteiger partial charge in [-0.1, -0.05) is 19.1 Å². The summed E-state index contributed by atoms with van der Waals surface area (Å²) >= 11 is 3.52. The third-order valence-corrected chi connectivity index (χ3v) is 6.65. The zero-order valence-electron chi connectivity index (χ0n) is 13.8. The number of nitrogens with zero attached hydrogens (tertiary/aromatic N) is 2.